The largest absolute Gasteiger partial charge is 0.455 e. The molecule has 2 saturated heterocycles. The van der Waals surface area contributed by atoms with Crippen LogP contribution in [0.3, 0.4) is 0 Å². The van der Waals surface area contributed by atoms with Gasteiger partial charge in [0, 0.05) is 17.2 Å². The number of carbonyl (C=O) groups is 3. The van der Waals surface area contributed by atoms with Crippen LogP contribution in [0.2, 0.25) is 5.02 Å². The zero-order valence-corrected chi connectivity index (χ0v) is 18.4. The van der Waals surface area contributed by atoms with Crippen LogP contribution in [0.25, 0.3) is 0 Å². The summed E-state index contributed by atoms with van der Waals surface area (Å²) in [4.78, 5) is 38.4. The number of benzene rings is 2. The summed E-state index contributed by atoms with van der Waals surface area (Å²) in [5, 5.41) is 3.09. The SMILES string of the molecule is C[C@@]12CCC(=O)N1[C@H](C(=O)OCC(=O)Nc1cc(Cl)ccc1Oc1ccccc1)CS2. The van der Waals surface area contributed by atoms with Gasteiger partial charge >= 0.3 is 5.97 Å². The van der Waals surface area contributed by atoms with E-state index in [1.54, 1.807) is 47.0 Å². The van der Waals surface area contributed by atoms with E-state index in [1.165, 1.54) is 0 Å². The number of nitrogens with zero attached hydrogens (tertiary/aromatic N) is 1. The lowest BCUT2D eigenvalue weighted by Gasteiger charge is -2.29. The molecule has 2 aromatic carbocycles. The number of thioether (sulfide) groups is 1. The van der Waals surface area contributed by atoms with Gasteiger partial charge in [-0.15, -0.1) is 11.8 Å². The molecule has 2 aliphatic rings. The van der Waals surface area contributed by atoms with Crippen LogP contribution in [-0.2, 0) is 19.1 Å². The molecule has 0 aliphatic carbocycles. The number of fused-ring (bicyclic) bond motifs is 1. The van der Waals surface area contributed by atoms with Crippen molar-refractivity contribution in [2.24, 2.45) is 0 Å². The first kappa shape index (κ1) is 21.5. The number of nitrogens with one attached hydrogen (secondary N) is 1. The maximum atomic E-state index is 12.5. The lowest BCUT2D eigenvalue weighted by molar-refractivity contribution is -0.155. The Morgan fingerprint density at radius 3 is 2.81 bits per heavy atom. The molecule has 4 rings (SSSR count). The lowest BCUT2D eigenvalue weighted by atomic mass is 10.2. The second-order valence-corrected chi connectivity index (χ2v) is 9.41. The quantitative estimate of drug-likeness (QED) is 0.654. The Labute approximate surface area is 189 Å². The first-order chi connectivity index (χ1) is 14.9. The third kappa shape index (κ3) is 4.65. The molecule has 162 valence electrons. The molecule has 9 heteroatoms. The molecule has 2 atom stereocenters. The number of rotatable bonds is 6. The van der Waals surface area contributed by atoms with Gasteiger partial charge in [-0.05, 0) is 43.7 Å². The van der Waals surface area contributed by atoms with Crippen LogP contribution in [0.1, 0.15) is 19.8 Å². The number of amides is 2. The van der Waals surface area contributed by atoms with Crippen molar-refractivity contribution in [3.8, 4) is 11.5 Å². The first-order valence-corrected chi connectivity index (χ1v) is 11.2. The number of para-hydroxylation sites is 1. The van der Waals surface area contributed by atoms with E-state index in [9.17, 15) is 14.4 Å². The molecular weight excluding hydrogens is 440 g/mol. The van der Waals surface area contributed by atoms with E-state index in [-0.39, 0.29) is 10.8 Å². The van der Waals surface area contributed by atoms with E-state index in [0.29, 0.717) is 40.8 Å². The normalized spacial score (nSPS) is 22.2. The molecule has 7 nitrogen and oxygen atoms in total. The highest BCUT2D eigenvalue weighted by atomic mass is 35.5. The molecule has 2 aromatic rings. The van der Waals surface area contributed by atoms with Crippen LogP contribution in [-0.4, -0.2) is 46.0 Å². The fourth-order valence-electron chi connectivity index (χ4n) is 3.72. The molecule has 2 amide bonds. The van der Waals surface area contributed by atoms with Crippen LogP contribution in [0.15, 0.2) is 48.5 Å². The number of hydrogen-bond donors (Lipinski definition) is 1. The molecule has 0 saturated carbocycles. The van der Waals surface area contributed by atoms with Crippen LogP contribution < -0.4 is 10.1 Å². The van der Waals surface area contributed by atoms with Gasteiger partial charge in [0.2, 0.25) is 5.91 Å². The first-order valence-electron chi connectivity index (χ1n) is 9.81. The molecule has 2 fully saturated rings. The zero-order chi connectivity index (χ0) is 22.0. The minimum atomic E-state index is -0.666. The molecule has 2 aliphatic heterocycles. The van der Waals surface area contributed by atoms with Gasteiger partial charge in [0.05, 0.1) is 10.6 Å². The number of anilines is 1. The third-order valence-electron chi connectivity index (χ3n) is 5.25. The predicted octanol–water partition coefficient (Wildman–Crippen LogP) is 4.07. The van der Waals surface area contributed by atoms with Crippen molar-refractivity contribution in [1.82, 2.24) is 4.90 Å². The van der Waals surface area contributed by atoms with Crippen molar-refractivity contribution in [1.29, 1.82) is 0 Å². The highest BCUT2D eigenvalue weighted by Gasteiger charge is 2.53. The zero-order valence-electron chi connectivity index (χ0n) is 16.8. The van der Waals surface area contributed by atoms with Gasteiger partial charge in [-0.25, -0.2) is 4.79 Å². The molecule has 0 radical (unpaired) electrons. The van der Waals surface area contributed by atoms with Crippen LogP contribution in [0, 0.1) is 0 Å². The molecule has 2 heterocycles. The molecule has 0 unspecified atom stereocenters. The molecule has 31 heavy (non-hydrogen) atoms. The van der Waals surface area contributed by atoms with Crippen LogP contribution in [0.4, 0.5) is 5.69 Å². The summed E-state index contributed by atoms with van der Waals surface area (Å²) >= 11 is 7.63. The Balaban J connectivity index is 1.37. The van der Waals surface area contributed by atoms with Gasteiger partial charge in [-0.3, -0.25) is 9.59 Å². The Hall–Kier alpha value is -2.71. The summed E-state index contributed by atoms with van der Waals surface area (Å²) < 4.78 is 11.0. The summed E-state index contributed by atoms with van der Waals surface area (Å²) in [5.41, 5.74) is 0.358. The number of carbonyl (C=O) groups excluding carboxylic acids is 3. The van der Waals surface area contributed by atoms with Crippen molar-refractivity contribution >= 4 is 46.8 Å². The van der Waals surface area contributed by atoms with Crippen molar-refractivity contribution < 1.29 is 23.9 Å². The van der Waals surface area contributed by atoms with Gasteiger partial charge in [0.15, 0.2) is 12.4 Å². The molecular formula is C22H21ClN2O5S. The Kier molecular flexibility index (Phi) is 6.11. The van der Waals surface area contributed by atoms with E-state index in [4.69, 9.17) is 21.1 Å². The minimum Gasteiger partial charge on any atom is -0.455 e. The minimum absolute atomic E-state index is 0.0551. The Morgan fingerprint density at radius 1 is 1.26 bits per heavy atom. The fraction of sp³-hybridized carbons (Fsp3) is 0.318. The van der Waals surface area contributed by atoms with Crippen LogP contribution >= 0.6 is 23.4 Å². The van der Waals surface area contributed by atoms with Gasteiger partial charge in [-0.1, -0.05) is 29.8 Å². The van der Waals surface area contributed by atoms with Crippen LogP contribution in [0.5, 0.6) is 11.5 Å². The lowest BCUT2D eigenvalue weighted by Crippen LogP contribution is -2.47. The molecule has 1 N–H and O–H groups in total. The summed E-state index contributed by atoms with van der Waals surface area (Å²) in [6, 6.07) is 13.3. The fourth-order valence-corrected chi connectivity index (χ4v) is 5.31. The standard InChI is InChI=1S/C22H21ClN2O5S/c1-22-10-9-20(27)25(22)17(13-31-22)21(28)29-12-19(26)24-16-11-14(23)7-8-18(16)30-15-5-3-2-4-6-15/h2-8,11,17H,9-10,12-13H2,1H3,(H,24,26)/t17-,22+/m0/s1. The monoisotopic (exact) mass is 460 g/mol. The van der Waals surface area contributed by atoms with Crippen molar-refractivity contribution in [2.75, 3.05) is 17.7 Å². The summed E-state index contributed by atoms with van der Waals surface area (Å²) in [7, 11) is 0. The van der Waals surface area contributed by atoms with Gasteiger partial charge in [0.1, 0.15) is 11.8 Å². The highest BCUT2D eigenvalue weighted by molar-refractivity contribution is 8.01. The topological polar surface area (TPSA) is 84.9 Å². The number of ether oxygens (including phenoxy) is 2. The maximum Gasteiger partial charge on any atom is 0.330 e. The third-order valence-corrected chi connectivity index (χ3v) is 6.99. The number of halogens is 1. The summed E-state index contributed by atoms with van der Waals surface area (Å²) in [5.74, 6) is 0.305. The average Bonchev–Trinajstić information content (AvgIpc) is 3.25. The van der Waals surface area contributed by atoms with E-state index >= 15 is 0 Å². The smallest absolute Gasteiger partial charge is 0.330 e. The van der Waals surface area contributed by atoms with Gasteiger partial charge in [0.25, 0.3) is 5.91 Å². The summed E-state index contributed by atoms with van der Waals surface area (Å²) in [6.07, 6.45) is 1.13. The van der Waals surface area contributed by atoms with Gasteiger partial charge in [-0.2, -0.15) is 0 Å². The molecule has 0 spiro atoms. The van der Waals surface area contributed by atoms with E-state index in [0.717, 1.165) is 0 Å². The van der Waals surface area contributed by atoms with Gasteiger partial charge < -0.3 is 19.7 Å². The van der Waals surface area contributed by atoms with E-state index in [1.807, 2.05) is 25.1 Å². The number of esters is 1. The molecule has 0 bridgehead atoms. The highest BCUT2D eigenvalue weighted by Crippen LogP contribution is 2.47. The Bertz CT molecular complexity index is 1020. The van der Waals surface area contributed by atoms with Crippen molar-refractivity contribution in [3.63, 3.8) is 0 Å². The molecule has 0 aromatic heterocycles. The predicted molar refractivity (Wildman–Crippen MR) is 118 cm³/mol. The second-order valence-electron chi connectivity index (χ2n) is 7.48. The van der Waals surface area contributed by atoms with Crippen molar-refractivity contribution in [3.05, 3.63) is 53.6 Å². The maximum absolute atomic E-state index is 12.5. The second kappa shape index (κ2) is 8.80. The van der Waals surface area contributed by atoms with E-state index < -0.39 is 24.5 Å². The average molecular weight is 461 g/mol. The van der Waals surface area contributed by atoms with E-state index in [2.05, 4.69) is 5.32 Å². The number of hydrogen-bond acceptors (Lipinski definition) is 6. The summed E-state index contributed by atoms with van der Waals surface area (Å²) in [6.45, 7) is 1.48. The Morgan fingerprint density at radius 2 is 2.03 bits per heavy atom. The van der Waals surface area contributed by atoms with Crippen molar-refractivity contribution in [2.45, 2.75) is 30.7 Å².